The van der Waals surface area contributed by atoms with Crippen LogP contribution in [0.4, 0.5) is 5.69 Å². The van der Waals surface area contributed by atoms with Crippen molar-refractivity contribution in [3.05, 3.63) is 76.5 Å². The molecule has 0 bridgehead atoms. The Morgan fingerprint density at radius 3 is 2.59 bits per heavy atom. The number of aromatic nitrogens is 1. The molecule has 0 aliphatic heterocycles. The fourth-order valence-corrected chi connectivity index (χ4v) is 2.44. The highest BCUT2D eigenvalue weighted by Gasteiger charge is 2.01. The summed E-state index contributed by atoms with van der Waals surface area (Å²) in [4.78, 5) is 4.54. The molecule has 1 aromatic heterocycles. The van der Waals surface area contributed by atoms with E-state index < -0.39 is 0 Å². The molecule has 0 amide bonds. The van der Waals surface area contributed by atoms with Crippen LogP contribution in [0.15, 0.2) is 70.3 Å². The fourth-order valence-electron chi connectivity index (χ4n) is 2.20. The number of phenols is 1. The van der Waals surface area contributed by atoms with Crippen LogP contribution in [0.2, 0.25) is 0 Å². The van der Waals surface area contributed by atoms with E-state index in [4.69, 9.17) is 0 Å². The summed E-state index contributed by atoms with van der Waals surface area (Å²) in [5, 5.41) is 9.38. The molecular weight excluding hydrogens is 340 g/mol. The lowest BCUT2D eigenvalue weighted by atomic mass is 10.2. The van der Waals surface area contributed by atoms with E-state index in [1.165, 1.54) is 0 Å². The molecular formula is C18H15BrN2O. The summed E-state index contributed by atoms with van der Waals surface area (Å²) in [6.45, 7) is 2.04. The average Bonchev–Trinajstić information content (AvgIpc) is 2.98. The Morgan fingerprint density at radius 2 is 1.86 bits per heavy atom. The number of nitrogens with zero attached hydrogens (tertiary/aromatic N) is 2. The summed E-state index contributed by atoms with van der Waals surface area (Å²) < 4.78 is 3.10. The van der Waals surface area contributed by atoms with E-state index in [1.807, 2.05) is 66.4 Å². The topological polar surface area (TPSA) is 37.5 Å². The largest absolute Gasteiger partial charge is 0.508 e. The highest BCUT2D eigenvalue weighted by atomic mass is 79.9. The molecule has 0 fully saturated rings. The lowest BCUT2D eigenvalue weighted by Gasteiger charge is -2.06. The van der Waals surface area contributed by atoms with Crippen molar-refractivity contribution in [1.29, 1.82) is 0 Å². The first-order chi connectivity index (χ1) is 10.6. The van der Waals surface area contributed by atoms with Gasteiger partial charge in [0.15, 0.2) is 0 Å². The van der Waals surface area contributed by atoms with Gasteiger partial charge in [-0.05, 0) is 67.1 Å². The summed E-state index contributed by atoms with van der Waals surface area (Å²) in [7, 11) is 0. The van der Waals surface area contributed by atoms with Crippen LogP contribution in [0.5, 0.6) is 5.75 Å². The minimum Gasteiger partial charge on any atom is -0.508 e. The van der Waals surface area contributed by atoms with Gasteiger partial charge in [-0.2, -0.15) is 0 Å². The van der Waals surface area contributed by atoms with Gasteiger partial charge in [-0.15, -0.1) is 0 Å². The zero-order chi connectivity index (χ0) is 15.5. The van der Waals surface area contributed by atoms with Gasteiger partial charge in [-0.1, -0.05) is 15.9 Å². The van der Waals surface area contributed by atoms with E-state index >= 15 is 0 Å². The molecule has 1 N–H and O–H groups in total. The molecule has 3 rings (SSSR count). The number of phenolic OH excluding ortho intramolecular Hbond substituents is 1. The molecule has 0 radical (unpaired) electrons. The molecule has 0 saturated heterocycles. The van der Waals surface area contributed by atoms with Gasteiger partial charge in [0.1, 0.15) is 5.75 Å². The second-order valence-corrected chi connectivity index (χ2v) is 5.87. The van der Waals surface area contributed by atoms with Gasteiger partial charge in [0, 0.05) is 16.4 Å². The Kier molecular flexibility index (Phi) is 4.11. The van der Waals surface area contributed by atoms with Crippen molar-refractivity contribution in [2.75, 3.05) is 0 Å². The third-order valence-corrected chi connectivity index (χ3v) is 4.29. The van der Waals surface area contributed by atoms with Crippen LogP contribution in [0.25, 0.3) is 5.69 Å². The maximum atomic E-state index is 9.38. The van der Waals surface area contributed by atoms with Crippen LogP contribution < -0.4 is 0 Å². The highest BCUT2D eigenvalue weighted by Crippen LogP contribution is 2.22. The van der Waals surface area contributed by atoms with E-state index in [0.717, 1.165) is 27.1 Å². The smallest absolute Gasteiger partial charge is 0.115 e. The van der Waals surface area contributed by atoms with Crippen LogP contribution >= 0.6 is 15.9 Å². The molecule has 0 atom stereocenters. The summed E-state index contributed by atoms with van der Waals surface area (Å²) in [6.07, 6.45) is 3.82. The predicted octanol–water partition coefficient (Wildman–Crippen LogP) is 5.00. The normalized spacial score (nSPS) is 11.2. The lowest BCUT2D eigenvalue weighted by molar-refractivity contribution is 0.475. The minimum atomic E-state index is 0.261. The van der Waals surface area contributed by atoms with Crippen molar-refractivity contribution in [3.63, 3.8) is 0 Å². The van der Waals surface area contributed by atoms with Crippen LogP contribution in [-0.2, 0) is 0 Å². The van der Waals surface area contributed by atoms with Crippen LogP contribution in [0.1, 0.15) is 11.3 Å². The first-order valence-corrected chi connectivity index (χ1v) is 7.70. The first kappa shape index (κ1) is 14.6. The molecule has 3 aromatic rings. The number of aryl methyl sites for hydroxylation is 1. The third kappa shape index (κ3) is 3.12. The molecule has 3 nitrogen and oxygen atoms in total. The molecule has 0 aliphatic rings. The standard InChI is InChI=1S/C18H15BrN2O/c1-13-11-14(4-9-18(13)19)20-12-16-3-2-10-21(16)15-5-7-17(22)8-6-15/h2-12,22H,1H3. The van der Waals surface area contributed by atoms with Crippen molar-refractivity contribution >= 4 is 27.8 Å². The molecule has 0 aliphatic carbocycles. The molecule has 110 valence electrons. The monoisotopic (exact) mass is 354 g/mol. The number of hydrogen-bond donors (Lipinski definition) is 1. The van der Waals surface area contributed by atoms with Crippen molar-refractivity contribution in [1.82, 2.24) is 4.57 Å². The number of hydrogen-bond acceptors (Lipinski definition) is 2. The quantitative estimate of drug-likeness (QED) is 0.660. The number of benzene rings is 2. The minimum absolute atomic E-state index is 0.261. The van der Waals surface area contributed by atoms with Crippen molar-refractivity contribution in [2.24, 2.45) is 4.99 Å². The van der Waals surface area contributed by atoms with Crippen LogP contribution in [0, 0.1) is 6.92 Å². The Morgan fingerprint density at radius 1 is 1.09 bits per heavy atom. The van der Waals surface area contributed by atoms with E-state index in [9.17, 15) is 5.11 Å². The Balaban J connectivity index is 1.90. The molecule has 22 heavy (non-hydrogen) atoms. The fraction of sp³-hybridized carbons (Fsp3) is 0.0556. The summed E-state index contributed by atoms with van der Waals surface area (Å²) in [6, 6.07) is 17.1. The Hall–Kier alpha value is -2.33. The van der Waals surface area contributed by atoms with E-state index in [1.54, 1.807) is 12.1 Å². The van der Waals surface area contributed by atoms with E-state index in [-0.39, 0.29) is 5.75 Å². The molecule has 0 saturated carbocycles. The predicted molar refractivity (Wildman–Crippen MR) is 93.6 cm³/mol. The average molecular weight is 355 g/mol. The SMILES string of the molecule is Cc1cc(N=Cc2cccn2-c2ccc(O)cc2)ccc1Br. The van der Waals surface area contributed by atoms with Gasteiger partial charge in [0.2, 0.25) is 0 Å². The van der Waals surface area contributed by atoms with Gasteiger partial charge < -0.3 is 9.67 Å². The zero-order valence-corrected chi connectivity index (χ0v) is 13.7. The number of aliphatic imine (C=N–C) groups is 1. The Bertz CT molecular complexity index is 819. The second kappa shape index (κ2) is 6.20. The Labute approximate surface area is 137 Å². The maximum Gasteiger partial charge on any atom is 0.115 e. The maximum absolute atomic E-state index is 9.38. The third-order valence-electron chi connectivity index (χ3n) is 3.40. The molecule has 2 aromatic carbocycles. The van der Waals surface area contributed by atoms with Gasteiger partial charge in [-0.25, -0.2) is 0 Å². The van der Waals surface area contributed by atoms with Gasteiger partial charge in [0.05, 0.1) is 17.6 Å². The highest BCUT2D eigenvalue weighted by molar-refractivity contribution is 9.10. The van der Waals surface area contributed by atoms with Crippen molar-refractivity contribution < 1.29 is 5.11 Å². The number of aromatic hydroxyl groups is 1. The molecule has 0 spiro atoms. The van der Waals surface area contributed by atoms with Gasteiger partial charge >= 0.3 is 0 Å². The van der Waals surface area contributed by atoms with Crippen LogP contribution in [-0.4, -0.2) is 15.9 Å². The van der Waals surface area contributed by atoms with E-state index in [2.05, 4.69) is 20.9 Å². The van der Waals surface area contributed by atoms with Crippen molar-refractivity contribution in [2.45, 2.75) is 6.92 Å². The van der Waals surface area contributed by atoms with Gasteiger partial charge in [0.25, 0.3) is 0 Å². The molecule has 0 unspecified atom stereocenters. The van der Waals surface area contributed by atoms with Crippen LogP contribution in [0.3, 0.4) is 0 Å². The zero-order valence-electron chi connectivity index (χ0n) is 12.1. The van der Waals surface area contributed by atoms with E-state index in [0.29, 0.717) is 0 Å². The molecule has 1 heterocycles. The second-order valence-electron chi connectivity index (χ2n) is 5.01. The molecule has 4 heteroatoms. The van der Waals surface area contributed by atoms with Crippen molar-refractivity contribution in [3.8, 4) is 11.4 Å². The summed E-state index contributed by atoms with van der Waals surface area (Å²) in [5.41, 5.74) is 4.03. The first-order valence-electron chi connectivity index (χ1n) is 6.90. The summed E-state index contributed by atoms with van der Waals surface area (Å²) in [5.74, 6) is 0.261. The lowest BCUT2D eigenvalue weighted by Crippen LogP contribution is -1.97. The summed E-state index contributed by atoms with van der Waals surface area (Å²) >= 11 is 3.49. The number of rotatable bonds is 3. The van der Waals surface area contributed by atoms with Gasteiger partial charge in [-0.3, -0.25) is 4.99 Å². The number of halogens is 1.